The zero-order valence-electron chi connectivity index (χ0n) is 12.7. The number of imidazole rings is 1. The number of nitrogens with zero attached hydrogens (tertiary/aromatic N) is 3. The highest BCUT2D eigenvalue weighted by molar-refractivity contribution is 6.20. The van der Waals surface area contributed by atoms with E-state index in [-0.39, 0.29) is 11.2 Å². The van der Waals surface area contributed by atoms with Crippen molar-refractivity contribution in [2.24, 2.45) is 0 Å². The van der Waals surface area contributed by atoms with Crippen molar-refractivity contribution in [3.63, 3.8) is 0 Å². The van der Waals surface area contributed by atoms with E-state index in [0.29, 0.717) is 17.6 Å². The first-order valence-electron chi connectivity index (χ1n) is 7.49. The number of alkyl halides is 1. The highest BCUT2D eigenvalue weighted by Gasteiger charge is 2.30. The minimum absolute atomic E-state index is 0.195. The van der Waals surface area contributed by atoms with E-state index in [1.807, 2.05) is 6.92 Å². The van der Waals surface area contributed by atoms with Gasteiger partial charge in [0.1, 0.15) is 11.6 Å². The van der Waals surface area contributed by atoms with Crippen LogP contribution in [0.15, 0.2) is 18.2 Å². The second-order valence-corrected chi connectivity index (χ2v) is 6.73. The SMILES string of the molecule is CC(Cl)c1nc2cc(F)ccc2n1CC(C)N(C)C1CC1. The topological polar surface area (TPSA) is 21.1 Å². The molecule has 5 heteroatoms. The Balaban J connectivity index is 1.96. The van der Waals surface area contributed by atoms with Gasteiger partial charge in [-0.2, -0.15) is 0 Å². The predicted octanol–water partition coefficient (Wildman–Crippen LogP) is 3.96. The second kappa shape index (κ2) is 5.58. The van der Waals surface area contributed by atoms with Crippen molar-refractivity contribution in [2.45, 2.75) is 50.7 Å². The van der Waals surface area contributed by atoms with Crippen LogP contribution in [0.1, 0.15) is 37.9 Å². The normalized spacial score (nSPS) is 18.4. The number of hydrogen-bond acceptors (Lipinski definition) is 2. The molecule has 0 radical (unpaired) electrons. The molecule has 0 aliphatic heterocycles. The summed E-state index contributed by atoms with van der Waals surface area (Å²) >= 11 is 6.27. The van der Waals surface area contributed by atoms with Crippen molar-refractivity contribution in [2.75, 3.05) is 7.05 Å². The Kier molecular flexibility index (Phi) is 3.93. The molecule has 1 saturated carbocycles. The van der Waals surface area contributed by atoms with Gasteiger partial charge in [0, 0.05) is 24.7 Å². The van der Waals surface area contributed by atoms with Gasteiger partial charge in [-0.05, 0) is 45.9 Å². The standard InChI is InChI=1S/C16H21ClFN3/c1-10(20(3)13-5-6-13)9-21-15-7-4-12(18)8-14(15)19-16(21)11(2)17/h4,7-8,10-11,13H,5-6,9H2,1-3H3. The average molecular weight is 310 g/mol. The zero-order chi connectivity index (χ0) is 15.1. The van der Waals surface area contributed by atoms with Gasteiger partial charge in [0.25, 0.3) is 0 Å². The third kappa shape index (κ3) is 2.92. The van der Waals surface area contributed by atoms with E-state index in [9.17, 15) is 4.39 Å². The van der Waals surface area contributed by atoms with Gasteiger partial charge in [-0.3, -0.25) is 4.90 Å². The van der Waals surface area contributed by atoms with E-state index in [1.54, 1.807) is 6.07 Å². The van der Waals surface area contributed by atoms with Crippen molar-refractivity contribution in [1.29, 1.82) is 0 Å². The Morgan fingerprint density at radius 2 is 2.14 bits per heavy atom. The Morgan fingerprint density at radius 1 is 1.43 bits per heavy atom. The van der Waals surface area contributed by atoms with Crippen LogP contribution in [-0.2, 0) is 6.54 Å². The fraction of sp³-hybridized carbons (Fsp3) is 0.562. The van der Waals surface area contributed by atoms with Crippen molar-refractivity contribution in [3.8, 4) is 0 Å². The molecule has 21 heavy (non-hydrogen) atoms. The first-order chi connectivity index (χ1) is 9.97. The van der Waals surface area contributed by atoms with E-state index in [4.69, 9.17) is 11.6 Å². The molecule has 1 aromatic carbocycles. The van der Waals surface area contributed by atoms with E-state index in [2.05, 4.69) is 28.4 Å². The first kappa shape index (κ1) is 14.8. The molecule has 1 aliphatic rings. The minimum atomic E-state index is -0.260. The van der Waals surface area contributed by atoms with E-state index in [1.165, 1.54) is 25.0 Å². The van der Waals surface area contributed by atoms with Crippen LogP contribution in [0.2, 0.25) is 0 Å². The van der Waals surface area contributed by atoms with Gasteiger partial charge in [-0.1, -0.05) is 0 Å². The van der Waals surface area contributed by atoms with Crippen LogP contribution >= 0.6 is 11.6 Å². The lowest BCUT2D eigenvalue weighted by molar-refractivity contribution is 0.226. The zero-order valence-corrected chi connectivity index (χ0v) is 13.4. The highest BCUT2D eigenvalue weighted by Crippen LogP contribution is 2.29. The molecule has 1 aliphatic carbocycles. The van der Waals surface area contributed by atoms with Gasteiger partial charge < -0.3 is 4.57 Å². The average Bonchev–Trinajstić information content (AvgIpc) is 3.21. The van der Waals surface area contributed by atoms with E-state index in [0.717, 1.165) is 17.9 Å². The Morgan fingerprint density at radius 3 is 2.76 bits per heavy atom. The van der Waals surface area contributed by atoms with Crippen molar-refractivity contribution < 1.29 is 4.39 Å². The summed E-state index contributed by atoms with van der Waals surface area (Å²) in [7, 11) is 2.17. The molecule has 1 fully saturated rings. The molecule has 2 aromatic rings. The van der Waals surface area contributed by atoms with Crippen LogP contribution in [-0.4, -0.2) is 33.6 Å². The highest BCUT2D eigenvalue weighted by atomic mass is 35.5. The quantitative estimate of drug-likeness (QED) is 0.780. The van der Waals surface area contributed by atoms with Gasteiger partial charge in [0.2, 0.25) is 0 Å². The number of fused-ring (bicyclic) bond motifs is 1. The Hall–Kier alpha value is -1.13. The molecule has 2 unspecified atom stereocenters. The molecule has 0 bridgehead atoms. The van der Waals surface area contributed by atoms with E-state index < -0.39 is 0 Å². The molecule has 3 rings (SSSR count). The minimum Gasteiger partial charge on any atom is -0.325 e. The van der Waals surface area contributed by atoms with Crippen LogP contribution in [0, 0.1) is 5.82 Å². The number of halogens is 2. The maximum absolute atomic E-state index is 13.4. The second-order valence-electron chi connectivity index (χ2n) is 6.08. The van der Waals surface area contributed by atoms with Crippen LogP contribution in [0.5, 0.6) is 0 Å². The number of benzene rings is 1. The van der Waals surface area contributed by atoms with Crippen LogP contribution < -0.4 is 0 Å². The summed E-state index contributed by atoms with van der Waals surface area (Å²) in [6, 6.07) is 5.87. The van der Waals surface area contributed by atoms with Crippen LogP contribution in [0.25, 0.3) is 11.0 Å². The van der Waals surface area contributed by atoms with Crippen molar-refractivity contribution in [3.05, 3.63) is 29.8 Å². The fourth-order valence-corrected chi connectivity index (χ4v) is 3.02. The molecule has 114 valence electrons. The summed E-state index contributed by atoms with van der Waals surface area (Å²) in [5.41, 5.74) is 1.63. The maximum atomic E-state index is 13.4. The lowest BCUT2D eigenvalue weighted by Gasteiger charge is -2.26. The molecule has 0 spiro atoms. The molecule has 0 N–H and O–H groups in total. The Labute approximate surface area is 129 Å². The summed E-state index contributed by atoms with van der Waals surface area (Å²) in [5.74, 6) is 0.553. The van der Waals surface area contributed by atoms with Gasteiger partial charge in [0.05, 0.1) is 16.4 Å². The first-order valence-corrected chi connectivity index (χ1v) is 7.92. The molecule has 1 aromatic heterocycles. The molecule has 0 saturated heterocycles. The van der Waals surface area contributed by atoms with Gasteiger partial charge in [-0.25, -0.2) is 9.37 Å². The smallest absolute Gasteiger partial charge is 0.127 e. The monoisotopic (exact) mass is 309 g/mol. The molecule has 0 amide bonds. The van der Waals surface area contributed by atoms with Crippen LogP contribution in [0.3, 0.4) is 0 Å². The van der Waals surface area contributed by atoms with Crippen molar-refractivity contribution in [1.82, 2.24) is 14.5 Å². The number of hydrogen-bond donors (Lipinski definition) is 0. The fourth-order valence-electron chi connectivity index (χ4n) is 2.85. The molecular formula is C16H21ClFN3. The summed E-state index contributed by atoms with van der Waals surface area (Å²) in [6.07, 6.45) is 2.57. The van der Waals surface area contributed by atoms with Gasteiger partial charge in [0.15, 0.2) is 0 Å². The summed E-state index contributed by atoms with van der Waals surface area (Å²) < 4.78 is 15.5. The Bertz CT molecular complexity index is 648. The largest absolute Gasteiger partial charge is 0.325 e. The molecule has 2 atom stereocenters. The van der Waals surface area contributed by atoms with Gasteiger partial charge >= 0.3 is 0 Å². The lowest BCUT2D eigenvalue weighted by atomic mass is 10.2. The number of aromatic nitrogens is 2. The third-order valence-electron chi connectivity index (χ3n) is 4.36. The summed E-state index contributed by atoms with van der Waals surface area (Å²) in [5, 5.41) is -0.195. The summed E-state index contributed by atoms with van der Waals surface area (Å²) in [4.78, 5) is 6.93. The summed E-state index contributed by atoms with van der Waals surface area (Å²) in [6.45, 7) is 4.95. The predicted molar refractivity (Wildman–Crippen MR) is 84.2 cm³/mol. The van der Waals surface area contributed by atoms with Gasteiger partial charge in [-0.15, -0.1) is 11.6 Å². The van der Waals surface area contributed by atoms with Crippen molar-refractivity contribution >= 4 is 22.6 Å². The van der Waals surface area contributed by atoms with Crippen LogP contribution in [0.4, 0.5) is 4.39 Å². The lowest BCUT2D eigenvalue weighted by Crippen LogP contribution is -2.34. The molecule has 1 heterocycles. The third-order valence-corrected chi connectivity index (χ3v) is 4.56. The van der Waals surface area contributed by atoms with E-state index >= 15 is 0 Å². The number of likely N-dealkylation sites (N-methyl/N-ethyl adjacent to an activating group) is 1. The molecule has 3 nitrogen and oxygen atoms in total. The maximum Gasteiger partial charge on any atom is 0.127 e. The molecular weight excluding hydrogens is 289 g/mol. The number of rotatable bonds is 5.